The van der Waals surface area contributed by atoms with Crippen molar-refractivity contribution in [1.82, 2.24) is 16.1 Å². The Morgan fingerprint density at radius 2 is 1.34 bits per heavy atom. The van der Waals surface area contributed by atoms with Crippen LogP contribution in [0.25, 0.3) is 5.53 Å². The van der Waals surface area contributed by atoms with Crippen molar-refractivity contribution in [2.75, 3.05) is 106 Å². The van der Waals surface area contributed by atoms with Crippen LogP contribution in [0.2, 0.25) is 0 Å². The smallest absolute Gasteiger partial charge is 0.328 e. The number of nitrogens with two attached hydrogens (primary N) is 1. The van der Waals surface area contributed by atoms with Crippen molar-refractivity contribution >= 4 is 17.8 Å². The number of unbranched alkanes of at least 4 members (excludes halogenated alkanes) is 1. The maximum Gasteiger partial charge on any atom is 0.328 e. The fraction of sp³-hybridized carbons (Fsp3) is 0.870. The Morgan fingerprint density at radius 3 is 1.93 bits per heavy atom. The molecule has 6 N–H and O–H groups in total. The van der Waals surface area contributed by atoms with Crippen LogP contribution in [0.4, 0.5) is 0 Å². The third-order valence-corrected chi connectivity index (χ3v) is 4.90. The van der Waals surface area contributed by atoms with Crippen molar-refractivity contribution in [3.8, 4) is 0 Å². The van der Waals surface area contributed by atoms with Gasteiger partial charge in [0.1, 0.15) is 25.8 Å². The van der Waals surface area contributed by atoms with Crippen LogP contribution in [0, 0.1) is 0 Å². The zero-order valence-electron chi connectivity index (χ0n) is 23.8. The topological polar surface area (TPSA) is 239 Å². The van der Waals surface area contributed by atoms with Gasteiger partial charge in [0.15, 0.2) is 0 Å². The molecule has 0 aliphatic rings. The molecule has 0 aliphatic carbocycles. The Labute approximate surface area is 240 Å². The van der Waals surface area contributed by atoms with E-state index in [1.54, 1.807) is 0 Å². The molecule has 18 nitrogen and oxygen atoms in total. The molecule has 0 heterocycles. The second kappa shape index (κ2) is 29.9. The van der Waals surface area contributed by atoms with E-state index in [0.29, 0.717) is 85.1 Å². The SMILES string of the molecule is COC(=O)C(CCCCNC(=O)COCCOCCOCC[NH+]=NN)NC(=O)COCCOCCOCCNN=[N-]. The van der Waals surface area contributed by atoms with Crippen LogP contribution in [-0.4, -0.2) is 130 Å². The van der Waals surface area contributed by atoms with Gasteiger partial charge >= 0.3 is 5.97 Å². The van der Waals surface area contributed by atoms with Crippen LogP contribution < -0.4 is 27.0 Å². The van der Waals surface area contributed by atoms with Crippen molar-refractivity contribution in [2.45, 2.75) is 25.3 Å². The second-order valence-electron chi connectivity index (χ2n) is 8.09. The molecule has 0 rings (SSSR count). The lowest BCUT2D eigenvalue weighted by molar-refractivity contribution is -0.537. The van der Waals surface area contributed by atoms with Gasteiger partial charge in [0.05, 0.1) is 71.8 Å². The van der Waals surface area contributed by atoms with Crippen LogP contribution in [0.1, 0.15) is 19.3 Å². The monoisotopic (exact) mass is 594 g/mol. The van der Waals surface area contributed by atoms with Crippen molar-refractivity contribution in [3.63, 3.8) is 0 Å². The van der Waals surface area contributed by atoms with E-state index in [2.05, 4.69) is 31.6 Å². The van der Waals surface area contributed by atoms with Crippen molar-refractivity contribution < 1.29 is 52.7 Å². The first-order valence-corrected chi connectivity index (χ1v) is 13.3. The number of nitrogens with zero attached hydrogens (tertiary/aromatic N) is 3. The Morgan fingerprint density at radius 1 is 0.780 bits per heavy atom. The molecule has 18 heteroatoms. The lowest BCUT2D eigenvalue weighted by atomic mass is 10.1. The Balaban J connectivity index is 3.77. The molecule has 0 aromatic rings. The maximum atomic E-state index is 12.1. The fourth-order valence-electron chi connectivity index (χ4n) is 2.94. The third-order valence-electron chi connectivity index (χ3n) is 4.90. The van der Waals surface area contributed by atoms with Gasteiger partial charge in [-0.15, -0.1) is 0 Å². The molecule has 41 heavy (non-hydrogen) atoms. The highest BCUT2D eigenvalue weighted by Gasteiger charge is 2.21. The number of ether oxygens (including phenoxy) is 7. The minimum Gasteiger partial charge on any atom is -0.467 e. The third kappa shape index (κ3) is 26.9. The first kappa shape index (κ1) is 38.0. The van der Waals surface area contributed by atoms with Gasteiger partial charge < -0.3 is 54.7 Å². The van der Waals surface area contributed by atoms with E-state index in [1.165, 1.54) is 7.11 Å². The predicted molar refractivity (Wildman–Crippen MR) is 142 cm³/mol. The number of hydrogen-bond acceptors (Lipinski definition) is 12. The molecular weight excluding hydrogens is 548 g/mol. The number of rotatable bonds is 30. The molecule has 0 aliphatic heterocycles. The molecule has 0 spiro atoms. The normalized spacial score (nSPS) is 11.7. The molecule has 0 bridgehead atoms. The van der Waals surface area contributed by atoms with Crippen LogP contribution in [0.15, 0.2) is 10.4 Å². The molecule has 1 unspecified atom stereocenters. The number of carbonyl (C=O) groups is 3. The highest BCUT2D eigenvalue weighted by atomic mass is 16.6. The van der Waals surface area contributed by atoms with E-state index in [1.807, 2.05) is 0 Å². The lowest BCUT2D eigenvalue weighted by Crippen LogP contribution is -2.68. The zero-order chi connectivity index (χ0) is 30.2. The Hall–Kier alpha value is -3.03. The zero-order valence-corrected chi connectivity index (χ0v) is 23.8. The van der Waals surface area contributed by atoms with Gasteiger partial charge in [-0.2, -0.15) is 11.0 Å². The van der Waals surface area contributed by atoms with Crippen molar-refractivity contribution in [1.29, 1.82) is 0 Å². The number of esters is 1. The van der Waals surface area contributed by atoms with Gasteiger partial charge in [0.2, 0.25) is 11.8 Å². The van der Waals surface area contributed by atoms with E-state index >= 15 is 0 Å². The summed E-state index contributed by atoms with van der Waals surface area (Å²) >= 11 is 0. The van der Waals surface area contributed by atoms with E-state index in [4.69, 9.17) is 44.5 Å². The molecule has 1 atom stereocenters. The average Bonchev–Trinajstić information content (AvgIpc) is 2.97. The maximum absolute atomic E-state index is 12.1. The summed E-state index contributed by atoms with van der Waals surface area (Å²) in [5.41, 5.74) is 10.5. The van der Waals surface area contributed by atoms with Gasteiger partial charge in [-0.1, -0.05) is 0 Å². The number of carbonyl (C=O) groups excluding carboxylic acids is 3. The summed E-state index contributed by atoms with van der Waals surface area (Å²) in [7, 11) is 1.25. The van der Waals surface area contributed by atoms with E-state index in [-0.39, 0.29) is 38.9 Å². The second-order valence-corrected chi connectivity index (χ2v) is 8.09. The standard InChI is InChI=1S/C23H45N8O10/c1-35-23(34)20(29-22(33)19-41-17-15-39-13-11-37-9-7-28-31-25)4-2-3-5-26-21(32)18-40-16-14-38-12-10-36-8-6-27-30-24/h20H,2-19H2,1H3,(H5-,24,25,26,27,28,29,32,33)/q-1/p+1. The van der Waals surface area contributed by atoms with Crippen LogP contribution in [0.5, 0.6) is 0 Å². The summed E-state index contributed by atoms with van der Waals surface area (Å²) in [6.45, 7) is 4.44. The molecule has 238 valence electrons. The summed E-state index contributed by atoms with van der Waals surface area (Å²) in [4.78, 5) is 36.0. The number of methoxy groups -OCH3 is 1. The highest BCUT2D eigenvalue weighted by Crippen LogP contribution is 2.03. The van der Waals surface area contributed by atoms with Gasteiger partial charge in [-0.3, -0.25) is 14.8 Å². The number of amides is 2. The lowest BCUT2D eigenvalue weighted by Gasteiger charge is -2.16. The number of nitrogens with one attached hydrogen (secondary N) is 4. The predicted octanol–water partition coefficient (Wildman–Crippen LogP) is -3.04. The van der Waals surface area contributed by atoms with E-state index < -0.39 is 17.9 Å². The quantitative estimate of drug-likeness (QED) is 0.0183. The van der Waals surface area contributed by atoms with Gasteiger partial charge in [-0.05, 0) is 25.8 Å². The van der Waals surface area contributed by atoms with Crippen LogP contribution in [0.3, 0.4) is 0 Å². The molecule has 0 radical (unpaired) electrons. The Kier molecular flexibility index (Phi) is 27.7. The molecule has 0 aromatic carbocycles. The van der Waals surface area contributed by atoms with Gasteiger partial charge in [0, 0.05) is 13.2 Å². The minimum absolute atomic E-state index is 0.0895. The molecule has 2 amide bonds. The Bertz CT molecular complexity index is 705. The fourth-order valence-corrected chi connectivity index (χ4v) is 2.94. The minimum atomic E-state index is -0.819. The number of hydrogen-bond donors (Lipinski definition) is 5. The first-order chi connectivity index (χ1) is 20.0. The van der Waals surface area contributed by atoms with E-state index in [9.17, 15) is 14.4 Å². The molecule has 0 saturated carbocycles. The summed E-state index contributed by atoms with van der Waals surface area (Å²) in [6.07, 6.45) is 1.50. The molecule has 0 saturated heterocycles. The summed E-state index contributed by atoms with van der Waals surface area (Å²) < 4.78 is 36.4. The summed E-state index contributed by atoms with van der Waals surface area (Å²) in [5, 5.41) is 13.9. The highest BCUT2D eigenvalue weighted by molar-refractivity contribution is 5.85. The first-order valence-electron chi connectivity index (χ1n) is 13.3. The summed E-state index contributed by atoms with van der Waals surface area (Å²) in [5.74, 6) is 3.65. The van der Waals surface area contributed by atoms with Crippen molar-refractivity contribution in [2.24, 2.45) is 16.3 Å². The average molecular weight is 595 g/mol. The van der Waals surface area contributed by atoms with Crippen LogP contribution >= 0.6 is 0 Å². The van der Waals surface area contributed by atoms with Crippen LogP contribution in [-0.2, 0) is 47.5 Å². The van der Waals surface area contributed by atoms with Gasteiger partial charge in [-0.25, -0.2) is 4.79 Å². The summed E-state index contributed by atoms with van der Waals surface area (Å²) in [6, 6.07) is -0.819. The van der Waals surface area contributed by atoms with E-state index in [0.717, 1.165) is 0 Å². The van der Waals surface area contributed by atoms with Gasteiger partial charge in [0.25, 0.3) is 0 Å². The molecule has 0 aromatic heterocycles. The van der Waals surface area contributed by atoms with Crippen molar-refractivity contribution in [3.05, 3.63) is 5.53 Å². The molecular formula is C23H46N8O10. The molecule has 0 fully saturated rings. The largest absolute Gasteiger partial charge is 0.467 e.